The second-order valence-electron chi connectivity index (χ2n) is 1.33. The minimum absolute atomic E-state index is 0.155. The van der Waals surface area contributed by atoms with Crippen molar-refractivity contribution in [1.29, 1.82) is 0 Å². The summed E-state index contributed by atoms with van der Waals surface area (Å²) in [6.07, 6.45) is 0.569. The molecule has 8 heavy (non-hydrogen) atoms. The predicted octanol–water partition coefficient (Wildman–Crippen LogP) is -0.390. The Morgan fingerprint density at radius 1 is 1.88 bits per heavy atom. The highest BCUT2D eigenvalue weighted by molar-refractivity contribution is 5.64. The molecule has 1 heterocycles. The SMILES string of the molecule is Cc1n[nH+]c(C=O)o1. The Hall–Kier alpha value is -1.19. The van der Waals surface area contributed by atoms with E-state index in [1.165, 1.54) is 0 Å². The number of carbonyl (C=O) groups is 1. The molecule has 0 aliphatic heterocycles. The second-order valence-corrected chi connectivity index (χ2v) is 1.33. The van der Waals surface area contributed by atoms with Gasteiger partial charge in [-0.25, -0.2) is 0 Å². The molecular weight excluding hydrogens is 108 g/mol. The van der Waals surface area contributed by atoms with E-state index in [-0.39, 0.29) is 5.89 Å². The van der Waals surface area contributed by atoms with E-state index in [9.17, 15) is 4.79 Å². The fraction of sp³-hybridized carbons (Fsp3) is 0.250. The monoisotopic (exact) mass is 113 g/mol. The number of aryl methyl sites for hydroxylation is 1. The normalized spacial score (nSPS) is 9.12. The van der Waals surface area contributed by atoms with E-state index < -0.39 is 0 Å². The lowest BCUT2D eigenvalue weighted by molar-refractivity contribution is -0.458. The number of hydrogen-bond acceptors (Lipinski definition) is 3. The Kier molecular flexibility index (Phi) is 1.07. The molecule has 0 fully saturated rings. The van der Waals surface area contributed by atoms with Gasteiger partial charge in [0.1, 0.15) is 0 Å². The first-order valence-electron chi connectivity index (χ1n) is 2.13. The summed E-state index contributed by atoms with van der Waals surface area (Å²) in [6.45, 7) is 1.66. The lowest BCUT2D eigenvalue weighted by atomic mass is 10.8. The van der Waals surface area contributed by atoms with E-state index >= 15 is 0 Å². The summed E-state index contributed by atoms with van der Waals surface area (Å²) in [5, 5.41) is 5.93. The maximum atomic E-state index is 9.85. The first-order valence-corrected chi connectivity index (χ1v) is 2.13. The summed E-state index contributed by atoms with van der Waals surface area (Å²) < 4.78 is 4.70. The second kappa shape index (κ2) is 1.73. The molecule has 42 valence electrons. The van der Waals surface area contributed by atoms with Crippen LogP contribution in [0.3, 0.4) is 0 Å². The summed E-state index contributed by atoms with van der Waals surface area (Å²) in [4.78, 5) is 9.85. The highest BCUT2D eigenvalue weighted by Crippen LogP contribution is 1.86. The van der Waals surface area contributed by atoms with Crippen molar-refractivity contribution < 1.29 is 14.3 Å². The molecule has 0 unspecified atom stereocenters. The third kappa shape index (κ3) is 0.726. The van der Waals surface area contributed by atoms with E-state index in [1.807, 2.05) is 0 Å². The van der Waals surface area contributed by atoms with Crippen LogP contribution < -0.4 is 5.10 Å². The van der Waals surface area contributed by atoms with Crippen molar-refractivity contribution >= 4 is 6.29 Å². The van der Waals surface area contributed by atoms with E-state index in [4.69, 9.17) is 4.42 Å². The number of hydrogen-bond donors (Lipinski definition) is 0. The van der Waals surface area contributed by atoms with Gasteiger partial charge in [0.2, 0.25) is 0 Å². The Morgan fingerprint density at radius 2 is 2.62 bits per heavy atom. The predicted molar refractivity (Wildman–Crippen MR) is 23.2 cm³/mol. The zero-order chi connectivity index (χ0) is 5.98. The van der Waals surface area contributed by atoms with Crippen LogP contribution in [0, 0.1) is 6.92 Å². The van der Waals surface area contributed by atoms with Crippen LogP contribution in [0.1, 0.15) is 16.6 Å². The van der Waals surface area contributed by atoms with Crippen LogP contribution >= 0.6 is 0 Å². The van der Waals surface area contributed by atoms with Crippen LogP contribution in [0.25, 0.3) is 0 Å². The molecule has 1 aromatic rings. The highest BCUT2D eigenvalue weighted by atomic mass is 16.4. The number of aromatic amines is 1. The van der Waals surface area contributed by atoms with Gasteiger partial charge < -0.3 is 4.42 Å². The zero-order valence-electron chi connectivity index (χ0n) is 4.34. The van der Waals surface area contributed by atoms with Crippen molar-refractivity contribution in [3.05, 3.63) is 11.8 Å². The van der Waals surface area contributed by atoms with Crippen molar-refractivity contribution in [3.63, 3.8) is 0 Å². The maximum Gasteiger partial charge on any atom is 0.439 e. The number of H-pyrrole nitrogens is 1. The average molecular weight is 113 g/mol. The van der Waals surface area contributed by atoms with Gasteiger partial charge in [0.15, 0.2) is 0 Å². The zero-order valence-corrected chi connectivity index (χ0v) is 4.34. The van der Waals surface area contributed by atoms with Gasteiger partial charge in [-0.2, -0.15) is 0 Å². The Labute approximate surface area is 45.5 Å². The molecule has 1 rings (SSSR count). The molecular formula is C4H5N2O2+. The highest BCUT2D eigenvalue weighted by Gasteiger charge is 2.04. The van der Waals surface area contributed by atoms with Gasteiger partial charge in [-0.05, 0) is 0 Å². The maximum absolute atomic E-state index is 9.85. The van der Waals surface area contributed by atoms with Crippen molar-refractivity contribution in [1.82, 2.24) is 5.10 Å². The van der Waals surface area contributed by atoms with Gasteiger partial charge in [0.25, 0.3) is 12.2 Å². The van der Waals surface area contributed by atoms with Gasteiger partial charge in [-0.15, -0.1) is 0 Å². The molecule has 0 bridgehead atoms. The molecule has 0 aliphatic carbocycles. The fourth-order valence-corrected chi connectivity index (χ4v) is 0.389. The van der Waals surface area contributed by atoms with E-state index in [2.05, 4.69) is 10.2 Å². The van der Waals surface area contributed by atoms with Crippen molar-refractivity contribution in [2.45, 2.75) is 6.92 Å². The number of aromatic nitrogens is 2. The lowest BCUT2D eigenvalue weighted by Gasteiger charge is -1.63. The Bertz CT molecular complexity index is 194. The molecule has 0 saturated carbocycles. The third-order valence-electron chi connectivity index (χ3n) is 0.688. The largest absolute Gasteiger partial charge is 0.439 e. The van der Waals surface area contributed by atoms with Crippen LogP contribution in [0.4, 0.5) is 0 Å². The van der Waals surface area contributed by atoms with Crippen molar-refractivity contribution in [3.8, 4) is 0 Å². The number of nitrogens with zero attached hydrogens (tertiary/aromatic N) is 1. The summed E-state index contributed by atoms with van der Waals surface area (Å²) in [7, 11) is 0. The molecule has 0 saturated heterocycles. The topological polar surface area (TPSA) is 57.2 Å². The van der Waals surface area contributed by atoms with Crippen LogP contribution in [0.15, 0.2) is 4.42 Å². The van der Waals surface area contributed by atoms with Crippen LogP contribution in [-0.2, 0) is 0 Å². The summed E-state index contributed by atoms with van der Waals surface area (Å²) >= 11 is 0. The van der Waals surface area contributed by atoms with Crippen molar-refractivity contribution in [2.24, 2.45) is 0 Å². The molecule has 4 heteroatoms. The van der Waals surface area contributed by atoms with Crippen LogP contribution in [0.5, 0.6) is 0 Å². The average Bonchev–Trinajstić information content (AvgIpc) is 2.14. The van der Waals surface area contributed by atoms with E-state index in [0.717, 1.165) is 0 Å². The molecule has 0 radical (unpaired) electrons. The first-order chi connectivity index (χ1) is 3.83. The lowest BCUT2D eigenvalue weighted by Crippen LogP contribution is -2.07. The minimum Gasteiger partial charge on any atom is -0.380 e. The first kappa shape index (κ1) is 4.96. The van der Waals surface area contributed by atoms with Gasteiger partial charge in [0, 0.05) is 12.0 Å². The molecule has 1 N–H and O–H groups in total. The number of nitrogens with one attached hydrogen (secondary N) is 1. The smallest absolute Gasteiger partial charge is 0.380 e. The molecule has 0 spiro atoms. The molecule has 0 aliphatic rings. The number of rotatable bonds is 1. The third-order valence-corrected chi connectivity index (χ3v) is 0.688. The Balaban J connectivity index is 3.00. The number of aldehydes is 1. The molecule has 1 aromatic heterocycles. The summed E-state index contributed by atoms with van der Waals surface area (Å²) in [5.74, 6) is 0.620. The van der Waals surface area contributed by atoms with Gasteiger partial charge >= 0.3 is 5.89 Å². The molecule has 4 nitrogen and oxygen atoms in total. The summed E-state index contributed by atoms with van der Waals surface area (Å²) in [5.41, 5.74) is 0. The standard InChI is InChI=1S/C4H4N2O2/c1-3-5-6-4(2-7)8-3/h2H,1H3/p+1. The van der Waals surface area contributed by atoms with Crippen molar-refractivity contribution in [2.75, 3.05) is 0 Å². The number of carbonyl (C=O) groups excluding carboxylic acids is 1. The Morgan fingerprint density at radius 3 is 2.88 bits per heavy atom. The quantitative estimate of drug-likeness (QED) is 0.466. The molecule has 0 amide bonds. The van der Waals surface area contributed by atoms with Gasteiger partial charge in [-0.1, -0.05) is 5.10 Å². The van der Waals surface area contributed by atoms with E-state index in [0.29, 0.717) is 12.2 Å². The minimum atomic E-state index is 0.155. The van der Waals surface area contributed by atoms with Crippen LogP contribution in [-0.4, -0.2) is 11.4 Å². The van der Waals surface area contributed by atoms with Gasteiger partial charge in [0.05, 0.1) is 0 Å². The molecule has 0 aromatic carbocycles. The fourth-order valence-electron chi connectivity index (χ4n) is 0.389. The summed E-state index contributed by atoms with van der Waals surface area (Å²) in [6, 6.07) is 0. The van der Waals surface area contributed by atoms with E-state index in [1.54, 1.807) is 6.92 Å². The van der Waals surface area contributed by atoms with Crippen LogP contribution in [0.2, 0.25) is 0 Å². The molecule has 0 atom stereocenters. The van der Waals surface area contributed by atoms with Gasteiger partial charge in [-0.3, -0.25) is 4.79 Å².